The maximum Gasteiger partial charge on any atom is 0.257 e. The minimum atomic E-state index is -0.00840. The van der Waals surface area contributed by atoms with Crippen LogP contribution in [0.25, 0.3) is 16.9 Å². The molecule has 182 valence electrons. The van der Waals surface area contributed by atoms with Gasteiger partial charge in [-0.3, -0.25) is 14.5 Å². The van der Waals surface area contributed by atoms with Crippen LogP contribution >= 0.6 is 0 Å². The highest BCUT2D eigenvalue weighted by molar-refractivity contribution is 6.00. The largest absolute Gasteiger partial charge is 0.342 e. The number of amides is 2. The minimum absolute atomic E-state index is 0.00840. The first-order valence-electron chi connectivity index (χ1n) is 12.5. The summed E-state index contributed by atoms with van der Waals surface area (Å²) in [4.78, 5) is 32.3. The number of hydrogen-bond donors (Lipinski definition) is 0. The van der Waals surface area contributed by atoms with Gasteiger partial charge in [-0.1, -0.05) is 30.3 Å². The Balaban J connectivity index is 1.35. The van der Waals surface area contributed by atoms with Gasteiger partial charge in [0, 0.05) is 51.0 Å². The standard InChI is InChI=1S/C28H33N5O2/c1-21-10-11-23(18-22(21)2)27-25(19-33(29-27)24-8-4-3-5-9-24)28(35)32-16-14-30(15-17-32)20-26(34)31-12-6-7-13-31/h3-5,8-11,18-19H,6-7,12-17,20H2,1-2H3. The van der Waals surface area contributed by atoms with Gasteiger partial charge in [0.1, 0.15) is 5.69 Å². The van der Waals surface area contributed by atoms with Crippen molar-refractivity contribution in [3.05, 3.63) is 71.4 Å². The molecule has 0 saturated carbocycles. The molecule has 5 rings (SSSR count). The van der Waals surface area contributed by atoms with Crippen molar-refractivity contribution in [2.24, 2.45) is 0 Å². The molecule has 2 aliphatic rings. The lowest BCUT2D eigenvalue weighted by atomic mass is 10.0. The molecule has 1 aromatic heterocycles. The molecule has 0 aliphatic carbocycles. The van der Waals surface area contributed by atoms with Crippen molar-refractivity contribution in [2.75, 3.05) is 45.8 Å². The van der Waals surface area contributed by atoms with Gasteiger partial charge in [-0.15, -0.1) is 0 Å². The van der Waals surface area contributed by atoms with Gasteiger partial charge in [0.15, 0.2) is 0 Å². The van der Waals surface area contributed by atoms with Crippen molar-refractivity contribution in [3.8, 4) is 16.9 Å². The van der Waals surface area contributed by atoms with Gasteiger partial charge in [-0.05, 0) is 56.0 Å². The average molecular weight is 472 g/mol. The Bertz CT molecular complexity index is 1210. The molecule has 3 heterocycles. The zero-order valence-corrected chi connectivity index (χ0v) is 20.6. The lowest BCUT2D eigenvalue weighted by molar-refractivity contribution is -0.131. The van der Waals surface area contributed by atoms with Crippen LogP contribution in [0.1, 0.15) is 34.3 Å². The number of aryl methyl sites for hydroxylation is 2. The molecule has 7 nitrogen and oxygen atoms in total. The fraction of sp³-hybridized carbons (Fsp3) is 0.393. The highest BCUT2D eigenvalue weighted by atomic mass is 16.2. The molecule has 0 N–H and O–H groups in total. The fourth-order valence-electron chi connectivity index (χ4n) is 4.88. The summed E-state index contributed by atoms with van der Waals surface area (Å²) >= 11 is 0. The maximum atomic E-state index is 13.7. The van der Waals surface area contributed by atoms with Crippen LogP contribution in [0.4, 0.5) is 0 Å². The summed E-state index contributed by atoms with van der Waals surface area (Å²) in [6.45, 7) is 8.99. The molecule has 2 fully saturated rings. The van der Waals surface area contributed by atoms with E-state index < -0.39 is 0 Å². The zero-order chi connectivity index (χ0) is 24.4. The SMILES string of the molecule is Cc1ccc(-c2nn(-c3ccccc3)cc2C(=O)N2CCN(CC(=O)N3CCCC3)CC2)cc1C. The molecule has 2 aromatic carbocycles. The fourth-order valence-corrected chi connectivity index (χ4v) is 4.88. The second kappa shape index (κ2) is 10.0. The van der Waals surface area contributed by atoms with Crippen LogP contribution in [0.3, 0.4) is 0 Å². The summed E-state index contributed by atoms with van der Waals surface area (Å²) in [7, 11) is 0. The van der Waals surface area contributed by atoms with Crippen molar-refractivity contribution in [1.82, 2.24) is 24.5 Å². The predicted octanol–water partition coefficient (Wildman–Crippen LogP) is 3.54. The maximum absolute atomic E-state index is 13.7. The number of carbonyl (C=O) groups is 2. The molecule has 2 amide bonds. The molecule has 7 heteroatoms. The van der Waals surface area contributed by atoms with Crippen LogP contribution < -0.4 is 0 Å². The number of aromatic nitrogens is 2. The Morgan fingerprint density at radius 1 is 0.829 bits per heavy atom. The van der Waals surface area contributed by atoms with Crippen molar-refractivity contribution < 1.29 is 9.59 Å². The van der Waals surface area contributed by atoms with E-state index in [1.54, 1.807) is 4.68 Å². The zero-order valence-electron chi connectivity index (χ0n) is 20.6. The van der Waals surface area contributed by atoms with Crippen LogP contribution in [0.15, 0.2) is 54.7 Å². The Morgan fingerprint density at radius 2 is 1.54 bits per heavy atom. The number of para-hydroxylation sites is 1. The summed E-state index contributed by atoms with van der Waals surface area (Å²) in [5.41, 5.74) is 5.56. The Morgan fingerprint density at radius 3 is 2.23 bits per heavy atom. The molecular weight excluding hydrogens is 438 g/mol. The van der Waals surface area contributed by atoms with E-state index in [9.17, 15) is 9.59 Å². The first-order valence-corrected chi connectivity index (χ1v) is 12.5. The molecular formula is C28H33N5O2. The number of rotatable bonds is 5. The number of likely N-dealkylation sites (tertiary alicyclic amines) is 1. The smallest absolute Gasteiger partial charge is 0.257 e. The third kappa shape index (κ3) is 5.00. The lowest BCUT2D eigenvalue weighted by Gasteiger charge is -2.35. The monoisotopic (exact) mass is 471 g/mol. The van der Waals surface area contributed by atoms with Gasteiger partial charge in [0.25, 0.3) is 5.91 Å². The topological polar surface area (TPSA) is 61.7 Å². The predicted molar refractivity (Wildman–Crippen MR) is 137 cm³/mol. The number of nitrogens with zero attached hydrogens (tertiary/aromatic N) is 5. The summed E-state index contributed by atoms with van der Waals surface area (Å²) < 4.78 is 1.79. The van der Waals surface area contributed by atoms with E-state index in [1.165, 1.54) is 11.1 Å². The van der Waals surface area contributed by atoms with Crippen LogP contribution in [0.5, 0.6) is 0 Å². The van der Waals surface area contributed by atoms with E-state index in [1.807, 2.05) is 52.4 Å². The quantitative estimate of drug-likeness (QED) is 0.571. The van der Waals surface area contributed by atoms with Crippen molar-refractivity contribution in [3.63, 3.8) is 0 Å². The third-order valence-corrected chi connectivity index (χ3v) is 7.22. The summed E-state index contributed by atoms with van der Waals surface area (Å²) in [5, 5.41) is 4.84. The van der Waals surface area contributed by atoms with Gasteiger partial charge in [-0.25, -0.2) is 4.68 Å². The van der Waals surface area contributed by atoms with Crippen molar-refractivity contribution in [1.29, 1.82) is 0 Å². The molecule has 3 aromatic rings. The minimum Gasteiger partial charge on any atom is -0.342 e. The van der Waals surface area contributed by atoms with E-state index in [-0.39, 0.29) is 11.8 Å². The second-order valence-corrected chi connectivity index (χ2v) is 9.63. The molecule has 2 saturated heterocycles. The third-order valence-electron chi connectivity index (χ3n) is 7.22. The molecule has 0 unspecified atom stereocenters. The molecule has 35 heavy (non-hydrogen) atoms. The van der Waals surface area contributed by atoms with E-state index in [0.29, 0.717) is 44.0 Å². The van der Waals surface area contributed by atoms with Crippen LogP contribution in [0, 0.1) is 13.8 Å². The van der Waals surface area contributed by atoms with Gasteiger partial charge in [0.05, 0.1) is 17.8 Å². The van der Waals surface area contributed by atoms with Crippen LogP contribution in [-0.2, 0) is 4.79 Å². The number of hydrogen-bond acceptors (Lipinski definition) is 4. The van der Waals surface area contributed by atoms with E-state index in [0.717, 1.165) is 37.2 Å². The first kappa shape index (κ1) is 23.3. The first-order chi connectivity index (χ1) is 17.0. The molecule has 2 aliphatic heterocycles. The van der Waals surface area contributed by atoms with E-state index >= 15 is 0 Å². The summed E-state index contributed by atoms with van der Waals surface area (Å²) in [6, 6.07) is 16.1. The molecule has 0 bridgehead atoms. The Hall–Kier alpha value is -3.45. The Labute approximate surface area is 206 Å². The van der Waals surface area contributed by atoms with Crippen molar-refractivity contribution in [2.45, 2.75) is 26.7 Å². The molecule has 0 radical (unpaired) electrons. The second-order valence-electron chi connectivity index (χ2n) is 9.63. The van der Waals surface area contributed by atoms with Gasteiger partial charge in [0.2, 0.25) is 5.91 Å². The highest BCUT2D eigenvalue weighted by Crippen LogP contribution is 2.27. The molecule has 0 spiro atoms. The highest BCUT2D eigenvalue weighted by Gasteiger charge is 2.28. The average Bonchev–Trinajstić information content (AvgIpc) is 3.57. The normalized spacial score (nSPS) is 16.6. The Kier molecular flexibility index (Phi) is 6.68. The molecule has 0 atom stereocenters. The van der Waals surface area contributed by atoms with Crippen molar-refractivity contribution >= 4 is 11.8 Å². The van der Waals surface area contributed by atoms with Gasteiger partial charge >= 0.3 is 0 Å². The van der Waals surface area contributed by atoms with Gasteiger partial charge in [-0.2, -0.15) is 5.10 Å². The number of piperazine rings is 1. The van der Waals surface area contributed by atoms with E-state index in [2.05, 4.69) is 30.9 Å². The lowest BCUT2D eigenvalue weighted by Crippen LogP contribution is -2.51. The number of carbonyl (C=O) groups excluding carboxylic acids is 2. The van der Waals surface area contributed by atoms with E-state index in [4.69, 9.17) is 5.10 Å². The van der Waals surface area contributed by atoms with Crippen LogP contribution in [0.2, 0.25) is 0 Å². The number of benzene rings is 2. The van der Waals surface area contributed by atoms with Gasteiger partial charge < -0.3 is 9.80 Å². The van der Waals surface area contributed by atoms with Crippen LogP contribution in [-0.4, -0.2) is 82.1 Å². The summed E-state index contributed by atoms with van der Waals surface area (Å²) in [6.07, 6.45) is 4.06. The summed E-state index contributed by atoms with van der Waals surface area (Å²) in [5.74, 6) is 0.203.